The predicted molar refractivity (Wildman–Crippen MR) is 251 cm³/mol. The van der Waals surface area contributed by atoms with E-state index in [0.717, 1.165) is 12.5 Å². The van der Waals surface area contributed by atoms with E-state index in [1.807, 2.05) is 37.5 Å². The van der Waals surface area contributed by atoms with E-state index in [2.05, 4.69) is 0 Å². The largest absolute Gasteiger partial charge is 0.492 e. The van der Waals surface area contributed by atoms with E-state index in [1.165, 1.54) is 48.5 Å². The van der Waals surface area contributed by atoms with Crippen molar-refractivity contribution in [3.8, 4) is 11.5 Å². The van der Waals surface area contributed by atoms with Gasteiger partial charge in [0.1, 0.15) is 28.9 Å². The summed E-state index contributed by atoms with van der Waals surface area (Å²) in [6.07, 6.45) is 2.16. The Bertz CT molecular complexity index is 2500. The zero-order valence-corrected chi connectivity index (χ0v) is 40.5. The zero-order chi connectivity index (χ0) is 48.2. The Labute approximate surface area is 387 Å². The van der Waals surface area contributed by atoms with Crippen molar-refractivity contribution >= 4 is 48.6 Å². The molecule has 2 fully saturated rings. The van der Waals surface area contributed by atoms with Crippen LogP contribution in [0.1, 0.15) is 85.2 Å². The molecular weight excluding hydrogens is 891 g/mol. The molecule has 4 aromatic carbocycles. The van der Waals surface area contributed by atoms with Crippen molar-refractivity contribution in [1.29, 1.82) is 0 Å². The molecule has 2 aliphatic rings. The molecule has 2 saturated heterocycles. The highest BCUT2D eigenvalue weighted by molar-refractivity contribution is 7.91. The molecule has 0 N–H and O–H groups in total. The number of nitrogens with zero attached hydrogens (tertiary/aromatic N) is 4. The number of carbonyl (C=O) groups is 3. The van der Waals surface area contributed by atoms with Crippen LogP contribution in [0.5, 0.6) is 11.5 Å². The van der Waals surface area contributed by atoms with Crippen molar-refractivity contribution in [3.05, 3.63) is 107 Å². The van der Waals surface area contributed by atoms with Crippen LogP contribution in [-0.4, -0.2) is 122 Å². The van der Waals surface area contributed by atoms with E-state index in [-0.39, 0.29) is 61.5 Å². The Morgan fingerprint density at radius 3 is 1.18 bits per heavy atom. The highest BCUT2D eigenvalue weighted by Gasteiger charge is 2.31. The van der Waals surface area contributed by atoms with E-state index in [9.17, 15) is 31.2 Å². The molecular formula is C49H60F2N4O9S2. The van der Waals surface area contributed by atoms with Crippen molar-refractivity contribution < 1.29 is 49.5 Å². The molecule has 13 nitrogen and oxygen atoms in total. The summed E-state index contributed by atoms with van der Waals surface area (Å²) in [6.45, 7) is 14.5. The van der Waals surface area contributed by atoms with Crippen LogP contribution in [-0.2, 0) is 24.5 Å². The van der Waals surface area contributed by atoms with Crippen LogP contribution in [0.25, 0.3) is 0 Å². The second-order valence-electron chi connectivity index (χ2n) is 18.1. The Hall–Kier alpha value is -5.55. The van der Waals surface area contributed by atoms with Gasteiger partial charge in [0.05, 0.1) is 34.1 Å². The van der Waals surface area contributed by atoms with Crippen molar-refractivity contribution in [2.75, 3.05) is 87.9 Å². The fourth-order valence-electron chi connectivity index (χ4n) is 8.06. The summed E-state index contributed by atoms with van der Waals surface area (Å²) in [5.41, 5.74) is 1.83. The maximum absolute atomic E-state index is 15.8. The number of ketones is 1. The van der Waals surface area contributed by atoms with Crippen LogP contribution in [0, 0.1) is 23.5 Å². The lowest BCUT2D eigenvalue weighted by Gasteiger charge is -2.36. The fraction of sp³-hybridized carbons (Fsp3) is 0.449. The van der Waals surface area contributed by atoms with Gasteiger partial charge in [0.25, 0.3) is 11.8 Å². The van der Waals surface area contributed by atoms with Gasteiger partial charge in [-0.3, -0.25) is 14.4 Å². The summed E-state index contributed by atoms with van der Waals surface area (Å²) in [6, 6.07) is 17.9. The van der Waals surface area contributed by atoms with Gasteiger partial charge in [-0.25, -0.2) is 25.6 Å². The molecule has 2 amide bonds. The molecule has 0 bridgehead atoms. The predicted octanol–water partition coefficient (Wildman–Crippen LogP) is 7.24. The molecule has 356 valence electrons. The topological polar surface area (TPSA) is 151 Å². The third-order valence-corrected chi connectivity index (χ3v) is 14.2. The van der Waals surface area contributed by atoms with Gasteiger partial charge in [0.15, 0.2) is 19.7 Å². The molecule has 17 heteroatoms. The molecule has 4 aromatic rings. The number of hydrogen-bond donors (Lipinski definition) is 0. The Kier molecular flexibility index (Phi) is 15.5. The third kappa shape index (κ3) is 11.7. The van der Waals surface area contributed by atoms with Crippen LogP contribution < -0.4 is 19.3 Å². The summed E-state index contributed by atoms with van der Waals surface area (Å²) in [7, 11) is -7.16. The van der Waals surface area contributed by atoms with E-state index >= 15 is 8.78 Å². The van der Waals surface area contributed by atoms with Gasteiger partial charge < -0.3 is 29.1 Å². The number of ether oxygens (including phenoxy) is 2. The van der Waals surface area contributed by atoms with Gasteiger partial charge in [-0.2, -0.15) is 0 Å². The summed E-state index contributed by atoms with van der Waals surface area (Å²) >= 11 is 0. The second-order valence-corrected chi connectivity index (χ2v) is 22.1. The SMILES string of the molecule is CC(C)COc1ccc(S(C)(=O)=O)cc1C(=O)N1CCN(c2ccc(C(C)C(=O)C(C)c3ccc(N4CCN(C(=O)c5cc(S(C)(=O)=O)ccc5OCC(C)C)CC4)cc3F)c(F)c2)CC1. The first-order valence-electron chi connectivity index (χ1n) is 22.2. The number of anilines is 2. The number of piperazine rings is 2. The van der Waals surface area contributed by atoms with Crippen molar-refractivity contribution in [3.63, 3.8) is 0 Å². The number of rotatable bonds is 16. The molecule has 0 spiro atoms. The van der Waals surface area contributed by atoms with Crippen molar-refractivity contribution in [2.45, 2.75) is 63.2 Å². The lowest BCUT2D eigenvalue weighted by Crippen LogP contribution is -2.49. The van der Waals surface area contributed by atoms with Gasteiger partial charge in [-0.05, 0) is 83.6 Å². The number of carbonyl (C=O) groups excluding carboxylic acids is 3. The van der Waals surface area contributed by atoms with Crippen LogP contribution in [0.2, 0.25) is 0 Å². The first kappa shape index (κ1) is 49.9. The smallest absolute Gasteiger partial charge is 0.257 e. The number of amides is 2. The number of hydrogen-bond acceptors (Lipinski definition) is 11. The van der Waals surface area contributed by atoms with E-state index in [4.69, 9.17) is 9.47 Å². The molecule has 0 radical (unpaired) electrons. The summed E-state index contributed by atoms with van der Waals surface area (Å²) in [5.74, 6) is -3.06. The van der Waals surface area contributed by atoms with Crippen molar-refractivity contribution in [2.24, 2.45) is 11.8 Å². The average Bonchev–Trinajstić information content (AvgIpc) is 3.28. The maximum atomic E-state index is 15.8. The van der Waals surface area contributed by atoms with Crippen LogP contribution >= 0.6 is 0 Å². The Balaban J connectivity index is 1.06. The quantitative estimate of drug-likeness (QED) is 0.112. The van der Waals surface area contributed by atoms with Gasteiger partial charge >= 0.3 is 0 Å². The molecule has 6 rings (SSSR count). The Morgan fingerprint density at radius 1 is 0.530 bits per heavy atom. The van der Waals surface area contributed by atoms with Crippen molar-refractivity contribution in [1.82, 2.24) is 9.80 Å². The number of halogens is 2. The third-order valence-electron chi connectivity index (χ3n) is 12.0. The number of benzene rings is 4. The van der Waals surface area contributed by atoms with Gasteiger partial charge in [0.2, 0.25) is 0 Å². The molecule has 2 atom stereocenters. The molecule has 0 aromatic heterocycles. The lowest BCUT2D eigenvalue weighted by atomic mass is 9.85. The number of sulfone groups is 2. The summed E-state index contributed by atoms with van der Waals surface area (Å²) < 4.78 is 92.7. The molecule has 2 aliphatic heterocycles. The molecule has 0 aliphatic carbocycles. The van der Waals surface area contributed by atoms with E-state index < -0.39 is 43.1 Å². The van der Waals surface area contributed by atoms with E-state index in [0.29, 0.717) is 88.4 Å². The first-order valence-corrected chi connectivity index (χ1v) is 26.0. The molecule has 2 unspecified atom stereocenters. The highest BCUT2D eigenvalue weighted by atomic mass is 32.2. The summed E-state index contributed by atoms with van der Waals surface area (Å²) in [4.78, 5) is 48.4. The average molecular weight is 951 g/mol. The normalized spacial score (nSPS) is 15.8. The molecule has 66 heavy (non-hydrogen) atoms. The lowest BCUT2D eigenvalue weighted by molar-refractivity contribution is -0.121. The Morgan fingerprint density at radius 2 is 0.879 bits per heavy atom. The van der Waals surface area contributed by atoms with Crippen LogP contribution in [0.3, 0.4) is 0 Å². The zero-order valence-electron chi connectivity index (χ0n) is 38.8. The molecule has 2 heterocycles. The highest BCUT2D eigenvalue weighted by Crippen LogP contribution is 2.34. The first-order chi connectivity index (χ1) is 31.0. The standard InChI is InChI=1S/C49H60F2N4O9S2/c1-31(2)29-63-45-15-11-37(65(7,59)60)27-41(45)48(57)54-21-17-52(18-22-54)35-9-13-39(43(50)25-35)33(5)47(56)34(6)40-14-10-36(26-44(40)51)53-19-23-55(24-20-53)49(58)42-28-38(66(8,61)62)12-16-46(42)64-30-32(3)4/h9-16,25-28,31-34H,17-24,29-30H2,1-8H3. The monoisotopic (exact) mass is 950 g/mol. The van der Waals surface area contributed by atoms with E-state index in [1.54, 1.807) is 47.9 Å². The number of Topliss-reactive ketones (excluding diaryl/α,β-unsaturated/α-hetero) is 1. The fourth-order valence-corrected chi connectivity index (χ4v) is 9.36. The minimum Gasteiger partial charge on any atom is -0.492 e. The van der Waals surface area contributed by atoms with Gasteiger partial charge in [-0.15, -0.1) is 0 Å². The maximum Gasteiger partial charge on any atom is 0.257 e. The summed E-state index contributed by atoms with van der Waals surface area (Å²) in [5, 5.41) is 0. The van der Waals surface area contributed by atoms with Crippen LogP contribution in [0.4, 0.5) is 20.2 Å². The minimum absolute atomic E-state index is 0.0160. The van der Waals surface area contributed by atoms with Gasteiger partial charge in [0, 0.05) is 88.1 Å². The second kappa shape index (κ2) is 20.5. The molecule has 0 saturated carbocycles. The van der Waals surface area contributed by atoms with Crippen LogP contribution in [0.15, 0.2) is 82.6 Å². The van der Waals surface area contributed by atoms with Gasteiger partial charge in [-0.1, -0.05) is 53.7 Å². The minimum atomic E-state index is -3.58.